The summed E-state index contributed by atoms with van der Waals surface area (Å²) >= 11 is 0. The van der Waals surface area contributed by atoms with Crippen LogP contribution in [0.15, 0.2) is 16.5 Å². The number of furan rings is 1. The summed E-state index contributed by atoms with van der Waals surface area (Å²) in [6, 6.07) is 3.13. The molecule has 0 saturated heterocycles. The molecule has 0 aliphatic carbocycles. The summed E-state index contributed by atoms with van der Waals surface area (Å²) in [5, 5.41) is 11.3. The van der Waals surface area contributed by atoms with Crippen molar-refractivity contribution in [2.45, 2.75) is 19.9 Å². The van der Waals surface area contributed by atoms with E-state index in [-0.39, 0.29) is 18.8 Å². The van der Waals surface area contributed by atoms with Crippen molar-refractivity contribution in [2.75, 3.05) is 6.54 Å². The first-order valence-electron chi connectivity index (χ1n) is 5.38. The first-order valence-corrected chi connectivity index (χ1v) is 5.38. The lowest BCUT2D eigenvalue weighted by molar-refractivity contribution is -0.141. The van der Waals surface area contributed by atoms with E-state index >= 15 is 0 Å². The lowest BCUT2D eigenvalue weighted by Crippen LogP contribution is -2.32. The van der Waals surface area contributed by atoms with Crippen molar-refractivity contribution in [3.05, 3.63) is 23.7 Å². The van der Waals surface area contributed by atoms with Gasteiger partial charge in [0.15, 0.2) is 5.76 Å². The quantitative estimate of drug-likeness (QED) is 0.674. The first kappa shape index (κ1) is 13.2. The normalized spacial score (nSPS) is 12.1. The minimum atomic E-state index is -0.921. The Bertz CT molecular complexity index is 400. The number of aliphatic carboxylic acids is 1. The second-order valence-corrected chi connectivity index (χ2v) is 3.62. The van der Waals surface area contributed by atoms with Crippen LogP contribution in [-0.2, 0) is 11.3 Å². The predicted molar refractivity (Wildman–Crippen MR) is 60.3 cm³/mol. The standard InChI is InChI=1S/C11H16N2O4/c1-2-7(11(15)16)6-13-10(14)9-4-3-8(5-12)17-9/h3-4,7H,2,5-6,12H2,1H3,(H,13,14)(H,15,16). The number of carboxylic acids is 1. The zero-order chi connectivity index (χ0) is 12.8. The second-order valence-electron chi connectivity index (χ2n) is 3.62. The summed E-state index contributed by atoms with van der Waals surface area (Å²) in [6.45, 7) is 2.06. The maximum absolute atomic E-state index is 11.6. The van der Waals surface area contributed by atoms with Crippen molar-refractivity contribution in [3.8, 4) is 0 Å². The molecule has 0 bridgehead atoms. The van der Waals surface area contributed by atoms with E-state index in [9.17, 15) is 9.59 Å². The Labute approximate surface area is 98.8 Å². The van der Waals surface area contributed by atoms with Crippen LogP contribution in [0.2, 0.25) is 0 Å². The Morgan fingerprint density at radius 1 is 1.53 bits per heavy atom. The fraction of sp³-hybridized carbons (Fsp3) is 0.455. The average Bonchev–Trinajstić information content (AvgIpc) is 2.77. The van der Waals surface area contributed by atoms with Gasteiger partial charge in [-0.1, -0.05) is 6.92 Å². The highest BCUT2D eigenvalue weighted by Crippen LogP contribution is 2.07. The van der Waals surface area contributed by atoms with Gasteiger partial charge in [0.05, 0.1) is 12.5 Å². The van der Waals surface area contributed by atoms with Crippen LogP contribution in [-0.4, -0.2) is 23.5 Å². The van der Waals surface area contributed by atoms with Crippen LogP contribution < -0.4 is 11.1 Å². The fourth-order valence-corrected chi connectivity index (χ4v) is 1.32. The van der Waals surface area contributed by atoms with Gasteiger partial charge in [-0.05, 0) is 18.6 Å². The Kier molecular flexibility index (Phi) is 4.71. The van der Waals surface area contributed by atoms with E-state index in [4.69, 9.17) is 15.3 Å². The number of hydrogen-bond acceptors (Lipinski definition) is 4. The second kappa shape index (κ2) is 6.05. The summed E-state index contributed by atoms with van der Waals surface area (Å²) in [5.74, 6) is -1.27. The highest BCUT2D eigenvalue weighted by molar-refractivity contribution is 5.91. The highest BCUT2D eigenvalue weighted by atomic mass is 16.4. The number of carbonyl (C=O) groups is 2. The summed E-state index contributed by atoms with van der Waals surface area (Å²) in [6.07, 6.45) is 0.460. The molecule has 4 N–H and O–H groups in total. The molecule has 0 spiro atoms. The van der Waals surface area contributed by atoms with E-state index in [0.717, 1.165) is 0 Å². The molecule has 1 atom stereocenters. The molecule has 1 unspecified atom stereocenters. The van der Waals surface area contributed by atoms with Crippen LogP contribution in [0.5, 0.6) is 0 Å². The van der Waals surface area contributed by atoms with Gasteiger partial charge in [0, 0.05) is 6.54 Å². The lowest BCUT2D eigenvalue weighted by atomic mass is 10.1. The van der Waals surface area contributed by atoms with E-state index in [2.05, 4.69) is 5.32 Å². The molecule has 6 nitrogen and oxygen atoms in total. The third-order valence-corrected chi connectivity index (χ3v) is 2.44. The number of carboxylic acid groups (broad SMARTS) is 1. The van der Waals surface area contributed by atoms with Crippen molar-refractivity contribution < 1.29 is 19.1 Å². The Hall–Kier alpha value is -1.82. The van der Waals surface area contributed by atoms with Gasteiger partial charge in [-0.25, -0.2) is 0 Å². The van der Waals surface area contributed by atoms with Gasteiger partial charge < -0.3 is 20.6 Å². The number of hydrogen-bond donors (Lipinski definition) is 3. The van der Waals surface area contributed by atoms with E-state index in [1.807, 2.05) is 0 Å². The lowest BCUT2D eigenvalue weighted by Gasteiger charge is -2.09. The van der Waals surface area contributed by atoms with E-state index in [1.165, 1.54) is 6.07 Å². The molecular formula is C11H16N2O4. The molecule has 0 fully saturated rings. The average molecular weight is 240 g/mol. The molecule has 94 valence electrons. The van der Waals surface area contributed by atoms with Crippen molar-refractivity contribution in [2.24, 2.45) is 11.7 Å². The van der Waals surface area contributed by atoms with Crippen LogP contribution in [0, 0.1) is 5.92 Å². The third kappa shape index (κ3) is 3.60. The molecule has 0 saturated carbocycles. The van der Waals surface area contributed by atoms with E-state index in [1.54, 1.807) is 13.0 Å². The molecule has 1 amide bonds. The number of nitrogens with one attached hydrogen (secondary N) is 1. The van der Waals surface area contributed by atoms with Gasteiger partial charge >= 0.3 is 5.97 Å². The van der Waals surface area contributed by atoms with Crippen LogP contribution in [0.25, 0.3) is 0 Å². The topological polar surface area (TPSA) is 106 Å². The zero-order valence-corrected chi connectivity index (χ0v) is 9.60. The molecule has 1 aromatic heterocycles. The first-order chi connectivity index (χ1) is 8.08. The van der Waals surface area contributed by atoms with Gasteiger partial charge in [0.25, 0.3) is 5.91 Å². The molecule has 0 radical (unpaired) electrons. The summed E-state index contributed by atoms with van der Waals surface area (Å²) in [4.78, 5) is 22.3. The minimum Gasteiger partial charge on any atom is -0.481 e. The van der Waals surface area contributed by atoms with Gasteiger partial charge in [-0.3, -0.25) is 9.59 Å². The number of carbonyl (C=O) groups excluding carboxylic acids is 1. The summed E-state index contributed by atoms with van der Waals surface area (Å²) < 4.78 is 5.14. The van der Waals surface area contributed by atoms with Gasteiger partial charge in [0.1, 0.15) is 5.76 Å². The molecule has 1 rings (SSSR count). The van der Waals surface area contributed by atoms with Crippen LogP contribution in [0.1, 0.15) is 29.7 Å². The molecule has 17 heavy (non-hydrogen) atoms. The number of nitrogens with two attached hydrogens (primary N) is 1. The molecule has 0 aliphatic heterocycles. The maximum atomic E-state index is 11.6. The molecular weight excluding hydrogens is 224 g/mol. The Morgan fingerprint density at radius 3 is 2.71 bits per heavy atom. The number of amides is 1. The highest BCUT2D eigenvalue weighted by Gasteiger charge is 2.17. The zero-order valence-electron chi connectivity index (χ0n) is 9.60. The molecule has 0 aromatic carbocycles. The van der Waals surface area contributed by atoms with E-state index < -0.39 is 17.8 Å². The minimum absolute atomic E-state index is 0.0866. The van der Waals surface area contributed by atoms with E-state index in [0.29, 0.717) is 12.2 Å². The largest absolute Gasteiger partial charge is 0.481 e. The smallest absolute Gasteiger partial charge is 0.308 e. The van der Waals surface area contributed by atoms with Gasteiger partial charge in [0.2, 0.25) is 0 Å². The number of rotatable bonds is 6. The molecule has 1 aromatic rings. The SMILES string of the molecule is CCC(CNC(=O)c1ccc(CN)o1)C(=O)O. The van der Waals surface area contributed by atoms with Crippen LogP contribution in [0.4, 0.5) is 0 Å². The maximum Gasteiger partial charge on any atom is 0.308 e. The Balaban J connectivity index is 2.52. The van der Waals surface area contributed by atoms with Crippen LogP contribution in [0.3, 0.4) is 0 Å². The molecule has 0 aliphatic rings. The van der Waals surface area contributed by atoms with Crippen molar-refractivity contribution in [1.82, 2.24) is 5.32 Å². The van der Waals surface area contributed by atoms with Crippen molar-refractivity contribution in [3.63, 3.8) is 0 Å². The van der Waals surface area contributed by atoms with Crippen LogP contribution >= 0.6 is 0 Å². The molecule has 6 heteroatoms. The van der Waals surface area contributed by atoms with Gasteiger partial charge in [-0.15, -0.1) is 0 Å². The summed E-state index contributed by atoms with van der Waals surface area (Å²) in [5.41, 5.74) is 5.34. The molecule has 1 heterocycles. The summed E-state index contributed by atoms with van der Waals surface area (Å²) in [7, 11) is 0. The van der Waals surface area contributed by atoms with Crippen molar-refractivity contribution >= 4 is 11.9 Å². The monoisotopic (exact) mass is 240 g/mol. The fourth-order valence-electron chi connectivity index (χ4n) is 1.32. The Morgan fingerprint density at radius 2 is 2.24 bits per heavy atom. The predicted octanol–water partition coefficient (Wildman–Crippen LogP) is 0.579. The van der Waals surface area contributed by atoms with Crippen molar-refractivity contribution in [1.29, 1.82) is 0 Å². The van der Waals surface area contributed by atoms with Gasteiger partial charge in [-0.2, -0.15) is 0 Å². The third-order valence-electron chi connectivity index (χ3n) is 2.44.